The molecule has 1 fully saturated rings. The van der Waals surface area contributed by atoms with E-state index in [1.807, 2.05) is 6.92 Å². The number of nitrogens with zero attached hydrogens (tertiary/aromatic N) is 1. The number of hydrogen-bond donors (Lipinski definition) is 1. The van der Waals surface area contributed by atoms with Gasteiger partial charge >= 0.3 is 0 Å². The molecule has 1 aliphatic rings. The number of thioether (sulfide) groups is 1. The van der Waals surface area contributed by atoms with Gasteiger partial charge in [-0.2, -0.15) is 0 Å². The molecule has 1 heterocycles. The van der Waals surface area contributed by atoms with E-state index in [-0.39, 0.29) is 17.4 Å². The Hall–Kier alpha value is -2.68. The van der Waals surface area contributed by atoms with E-state index in [1.165, 1.54) is 21.3 Å². The van der Waals surface area contributed by atoms with Gasteiger partial charge in [-0.3, -0.25) is 19.3 Å². The summed E-state index contributed by atoms with van der Waals surface area (Å²) in [5.74, 6) is 0.434. The maximum absolute atomic E-state index is 12.6. The predicted octanol–water partition coefficient (Wildman–Crippen LogP) is 2.67. The number of ether oxygens (including phenoxy) is 3. The van der Waals surface area contributed by atoms with Gasteiger partial charge in [-0.05, 0) is 42.0 Å². The molecule has 0 spiro atoms. The van der Waals surface area contributed by atoms with E-state index in [1.54, 1.807) is 18.2 Å². The van der Waals surface area contributed by atoms with Gasteiger partial charge in [0.2, 0.25) is 11.7 Å². The molecular formula is C19H24N2O6S. The fourth-order valence-electron chi connectivity index (χ4n) is 2.58. The Morgan fingerprint density at radius 2 is 1.79 bits per heavy atom. The summed E-state index contributed by atoms with van der Waals surface area (Å²) in [6.07, 6.45) is 3.35. The fraction of sp³-hybridized carbons (Fsp3) is 0.421. The molecule has 0 unspecified atom stereocenters. The lowest BCUT2D eigenvalue weighted by molar-refractivity contribution is -0.129. The summed E-state index contributed by atoms with van der Waals surface area (Å²) in [5, 5.41) is 2.22. The largest absolute Gasteiger partial charge is 0.493 e. The van der Waals surface area contributed by atoms with Gasteiger partial charge in [-0.15, -0.1) is 0 Å². The molecule has 1 N–H and O–H groups in total. The van der Waals surface area contributed by atoms with Crippen LogP contribution in [0.4, 0.5) is 4.79 Å². The molecular weight excluding hydrogens is 384 g/mol. The summed E-state index contributed by atoms with van der Waals surface area (Å²) in [7, 11) is 4.48. The smallest absolute Gasteiger partial charge is 0.294 e. The third-order valence-electron chi connectivity index (χ3n) is 4.01. The zero-order valence-electron chi connectivity index (χ0n) is 16.4. The monoisotopic (exact) mass is 408 g/mol. The molecule has 0 aliphatic carbocycles. The quantitative estimate of drug-likeness (QED) is 0.496. The van der Waals surface area contributed by atoms with Crippen LogP contribution in [0.5, 0.6) is 17.2 Å². The normalized spacial score (nSPS) is 15.1. The molecule has 28 heavy (non-hydrogen) atoms. The first-order valence-corrected chi connectivity index (χ1v) is 9.58. The van der Waals surface area contributed by atoms with E-state index in [0.717, 1.165) is 29.5 Å². The summed E-state index contributed by atoms with van der Waals surface area (Å²) < 4.78 is 15.9. The molecule has 2 rings (SSSR count). The number of benzene rings is 1. The Labute approximate surface area is 168 Å². The van der Waals surface area contributed by atoms with Crippen molar-refractivity contribution in [2.75, 3.05) is 34.4 Å². The van der Waals surface area contributed by atoms with Crippen molar-refractivity contribution in [2.24, 2.45) is 0 Å². The summed E-state index contributed by atoms with van der Waals surface area (Å²) >= 11 is 0.789. The first-order valence-electron chi connectivity index (χ1n) is 8.77. The van der Waals surface area contributed by atoms with E-state index in [0.29, 0.717) is 29.4 Å². The minimum absolute atomic E-state index is 0.223. The number of carbonyl (C=O) groups excluding carboxylic acids is 3. The van der Waals surface area contributed by atoms with E-state index in [2.05, 4.69) is 5.32 Å². The number of hydrogen-bond acceptors (Lipinski definition) is 7. The SMILES string of the molecule is CCCCNC(=O)CN1C(=O)S/C(=C\c2cc(OC)c(OC)c(OC)c2)C1=O. The summed E-state index contributed by atoms with van der Waals surface area (Å²) in [6, 6.07) is 3.35. The fourth-order valence-corrected chi connectivity index (χ4v) is 3.41. The number of rotatable bonds is 9. The second-order valence-corrected chi connectivity index (χ2v) is 6.92. The molecule has 0 aromatic heterocycles. The number of imide groups is 1. The van der Waals surface area contributed by atoms with Crippen LogP contribution in [0.2, 0.25) is 0 Å². The van der Waals surface area contributed by atoms with E-state index in [4.69, 9.17) is 14.2 Å². The maximum Gasteiger partial charge on any atom is 0.294 e. The number of nitrogens with one attached hydrogen (secondary N) is 1. The highest BCUT2D eigenvalue weighted by molar-refractivity contribution is 8.18. The van der Waals surface area contributed by atoms with Crippen molar-refractivity contribution in [1.29, 1.82) is 0 Å². The summed E-state index contributed by atoms with van der Waals surface area (Å²) in [5.41, 5.74) is 0.604. The number of unbranched alkanes of at least 4 members (excludes halogenated alkanes) is 1. The molecule has 8 nitrogen and oxygen atoms in total. The zero-order chi connectivity index (χ0) is 20.7. The van der Waals surface area contributed by atoms with E-state index < -0.39 is 11.1 Å². The van der Waals surface area contributed by atoms with Gasteiger partial charge in [0.05, 0.1) is 26.2 Å². The minimum Gasteiger partial charge on any atom is -0.493 e. The Balaban J connectivity index is 2.20. The molecule has 0 saturated carbocycles. The highest BCUT2D eigenvalue weighted by atomic mass is 32.2. The molecule has 3 amide bonds. The molecule has 1 aromatic carbocycles. The minimum atomic E-state index is -0.505. The van der Waals surface area contributed by atoms with Crippen molar-refractivity contribution in [3.8, 4) is 17.2 Å². The molecule has 1 saturated heterocycles. The average Bonchev–Trinajstić information content (AvgIpc) is 2.94. The average molecular weight is 408 g/mol. The van der Waals surface area contributed by atoms with Crippen molar-refractivity contribution in [2.45, 2.75) is 19.8 Å². The summed E-state index contributed by atoms with van der Waals surface area (Å²) in [4.78, 5) is 37.8. The van der Waals surface area contributed by atoms with Crippen LogP contribution in [0, 0.1) is 0 Å². The van der Waals surface area contributed by atoms with Gasteiger partial charge in [0.25, 0.3) is 11.1 Å². The Morgan fingerprint density at radius 1 is 1.14 bits per heavy atom. The van der Waals surface area contributed by atoms with Gasteiger partial charge in [0.15, 0.2) is 11.5 Å². The lowest BCUT2D eigenvalue weighted by Crippen LogP contribution is -2.39. The molecule has 1 aromatic rings. The van der Waals surface area contributed by atoms with Crippen molar-refractivity contribution >= 4 is 34.9 Å². The lowest BCUT2D eigenvalue weighted by Gasteiger charge is -2.13. The highest BCUT2D eigenvalue weighted by Gasteiger charge is 2.36. The van der Waals surface area contributed by atoms with Gasteiger partial charge in [0.1, 0.15) is 6.54 Å². The molecule has 9 heteroatoms. The van der Waals surface area contributed by atoms with E-state index in [9.17, 15) is 14.4 Å². The first kappa shape index (κ1) is 21.6. The molecule has 1 aliphatic heterocycles. The van der Waals surface area contributed by atoms with Gasteiger partial charge < -0.3 is 19.5 Å². The van der Waals surface area contributed by atoms with Crippen molar-refractivity contribution in [1.82, 2.24) is 10.2 Å². The van der Waals surface area contributed by atoms with Crippen LogP contribution in [0.1, 0.15) is 25.3 Å². The second-order valence-electron chi connectivity index (χ2n) is 5.93. The molecule has 152 valence electrons. The zero-order valence-corrected chi connectivity index (χ0v) is 17.2. The maximum atomic E-state index is 12.6. The third kappa shape index (κ3) is 4.98. The Kier molecular flexibility index (Phi) is 7.74. The van der Waals surface area contributed by atoms with E-state index >= 15 is 0 Å². The topological polar surface area (TPSA) is 94.2 Å². The van der Waals surface area contributed by atoms with Crippen molar-refractivity contribution < 1.29 is 28.6 Å². The van der Waals surface area contributed by atoms with Gasteiger partial charge in [0, 0.05) is 6.54 Å². The van der Waals surface area contributed by atoms with Crippen molar-refractivity contribution in [3.63, 3.8) is 0 Å². The van der Waals surface area contributed by atoms with Crippen LogP contribution in [0.3, 0.4) is 0 Å². The van der Waals surface area contributed by atoms with Crippen LogP contribution < -0.4 is 19.5 Å². The molecule has 0 radical (unpaired) electrons. The van der Waals surface area contributed by atoms with Crippen LogP contribution >= 0.6 is 11.8 Å². The first-order chi connectivity index (χ1) is 13.4. The van der Waals surface area contributed by atoms with Crippen molar-refractivity contribution in [3.05, 3.63) is 22.6 Å². The lowest BCUT2D eigenvalue weighted by atomic mass is 10.1. The predicted molar refractivity (Wildman–Crippen MR) is 107 cm³/mol. The Bertz CT molecular complexity index is 768. The van der Waals surface area contributed by atoms with Gasteiger partial charge in [-0.1, -0.05) is 13.3 Å². The third-order valence-corrected chi connectivity index (χ3v) is 4.92. The number of amides is 3. The molecule has 0 atom stereocenters. The Morgan fingerprint density at radius 3 is 2.32 bits per heavy atom. The van der Waals surface area contributed by atoms with Gasteiger partial charge in [-0.25, -0.2) is 0 Å². The summed E-state index contributed by atoms with van der Waals surface area (Å²) in [6.45, 7) is 2.24. The second kappa shape index (κ2) is 10.0. The van der Waals surface area contributed by atoms with Crippen LogP contribution in [-0.2, 0) is 9.59 Å². The number of methoxy groups -OCH3 is 3. The number of carbonyl (C=O) groups is 3. The highest BCUT2D eigenvalue weighted by Crippen LogP contribution is 2.40. The standard InChI is InChI=1S/C19H24N2O6S/c1-5-6-7-20-16(22)11-21-18(23)15(28-19(21)24)10-12-8-13(25-2)17(27-4)14(9-12)26-3/h8-10H,5-7,11H2,1-4H3,(H,20,22)/b15-10-. The van der Waals surface area contributed by atoms with Crippen LogP contribution in [-0.4, -0.2) is 56.4 Å². The molecule has 0 bridgehead atoms. The van der Waals surface area contributed by atoms with Crippen LogP contribution in [0.15, 0.2) is 17.0 Å². The van der Waals surface area contributed by atoms with Crippen LogP contribution in [0.25, 0.3) is 6.08 Å².